The Labute approximate surface area is 91.2 Å². The highest BCUT2D eigenvalue weighted by atomic mass is 32.1. The molecule has 1 aliphatic rings. The van der Waals surface area contributed by atoms with E-state index in [4.69, 9.17) is 0 Å². The van der Waals surface area contributed by atoms with E-state index >= 15 is 0 Å². The third-order valence-corrected chi connectivity index (χ3v) is 3.94. The van der Waals surface area contributed by atoms with Crippen LogP contribution >= 0.6 is 11.3 Å². The summed E-state index contributed by atoms with van der Waals surface area (Å²) in [4.78, 5) is 24.3. The number of hydrogen-bond acceptors (Lipinski definition) is 4. The number of methoxy groups -OCH3 is 1. The van der Waals surface area contributed by atoms with Crippen LogP contribution in [-0.4, -0.2) is 19.0 Å². The molecule has 1 N–H and O–H groups in total. The fourth-order valence-electron chi connectivity index (χ4n) is 1.53. The molecule has 2 heterocycles. The fourth-order valence-corrected chi connectivity index (χ4v) is 2.66. The van der Waals surface area contributed by atoms with Crippen LogP contribution in [0.1, 0.15) is 28.4 Å². The third-order valence-electron chi connectivity index (χ3n) is 2.50. The summed E-state index contributed by atoms with van der Waals surface area (Å²) in [5.41, 5.74) is 0.183. The number of carbonyl (C=O) groups is 2. The van der Waals surface area contributed by atoms with Crippen molar-refractivity contribution in [1.29, 1.82) is 0 Å². The molecule has 0 radical (unpaired) electrons. The lowest BCUT2D eigenvalue weighted by molar-refractivity contribution is -0.119. The number of nitrogens with one attached hydrogen (secondary N) is 1. The van der Waals surface area contributed by atoms with Crippen LogP contribution in [-0.2, 0) is 14.9 Å². The molecule has 0 saturated carbocycles. The smallest absolute Gasteiger partial charge is 0.348 e. The normalized spacial score (nSPS) is 17.1. The van der Waals surface area contributed by atoms with E-state index < -0.39 is 5.41 Å². The van der Waals surface area contributed by atoms with Crippen molar-refractivity contribution in [3.05, 3.63) is 15.8 Å². The Hall–Kier alpha value is -1.36. The molecule has 1 aliphatic heterocycles. The van der Waals surface area contributed by atoms with Crippen molar-refractivity contribution in [2.45, 2.75) is 19.3 Å². The minimum atomic E-state index is -0.549. The van der Waals surface area contributed by atoms with Crippen molar-refractivity contribution in [2.24, 2.45) is 0 Å². The number of anilines is 1. The highest BCUT2D eigenvalue weighted by Gasteiger charge is 2.41. The van der Waals surface area contributed by atoms with E-state index in [1.807, 2.05) is 13.8 Å². The molecule has 0 aliphatic carbocycles. The molecule has 1 aromatic heterocycles. The Morgan fingerprint density at radius 2 is 2.20 bits per heavy atom. The van der Waals surface area contributed by atoms with Gasteiger partial charge in [0.15, 0.2) is 0 Å². The van der Waals surface area contributed by atoms with Gasteiger partial charge in [-0.25, -0.2) is 4.79 Å². The molecular formula is C10H11NO3S. The second kappa shape index (κ2) is 3.06. The average molecular weight is 225 g/mol. The second-order valence-electron chi connectivity index (χ2n) is 3.92. The first kappa shape index (κ1) is 10.2. The van der Waals surface area contributed by atoms with Crippen molar-refractivity contribution in [3.63, 3.8) is 0 Å². The van der Waals surface area contributed by atoms with Gasteiger partial charge in [0.1, 0.15) is 4.88 Å². The van der Waals surface area contributed by atoms with Gasteiger partial charge in [0.05, 0.1) is 18.2 Å². The van der Waals surface area contributed by atoms with Gasteiger partial charge < -0.3 is 10.1 Å². The standard InChI is InChI=1S/C10H11NO3S/c1-10(2)7-5(11-9(10)13)4-6(15-7)8(12)14-3/h4H,1-3H3,(H,11,13). The van der Waals surface area contributed by atoms with Gasteiger partial charge >= 0.3 is 5.97 Å². The molecular weight excluding hydrogens is 214 g/mol. The number of amides is 1. The number of fused-ring (bicyclic) bond motifs is 1. The van der Waals surface area contributed by atoms with E-state index in [-0.39, 0.29) is 11.9 Å². The maximum atomic E-state index is 11.5. The topological polar surface area (TPSA) is 55.4 Å². The van der Waals surface area contributed by atoms with Crippen LogP contribution < -0.4 is 5.32 Å². The molecule has 0 spiro atoms. The number of ether oxygens (including phenoxy) is 1. The lowest BCUT2D eigenvalue weighted by Crippen LogP contribution is -2.26. The van der Waals surface area contributed by atoms with Gasteiger partial charge in [0.2, 0.25) is 5.91 Å². The molecule has 0 bridgehead atoms. The molecule has 4 nitrogen and oxygen atoms in total. The zero-order valence-electron chi connectivity index (χ0n) is 8.71. The van der Waals surface area contributed by atoms with Crippen LogP contribution in [0.15, 0.2) is 6.07 Å². The summed E-state index contributed by atoms with van der Waals surface area (Å²) in [7, 11) is 1.34. The van der Waals surface area contributed by atoms with Gasteiger partial charge in [-0.15, -0.1) is 11.3 Å². The Morgan fingerprint density at radius 3 is 2.73 bits per heavy atom. The summed E-state index contributed by atoms with van der Waals surface area (Å²) in [6, 6.07) is 1.67. The second-order valence-corrected chi connectivity index (χ2v) is 4.98. The van der Waals surface area contributed by atoms with Gasteiger partial charge in [-0.1, -0.05) is 0 Å². The Kier molecular flexibility index (Phi) is 2.08. The quantitative estimate of drug-likeness (QED) is 0.741. The number of rotatable bonds is 1. The van der Waals surface area contributed by atoms with Crippen LogP contribution in [0.25, 0.3) is 0 Å². The molecule has 15 heavy (non-hydrogen) atoms. The summed E-state index contributed by atoms with van der Waals surface area (Å²) >= 11 is 1.31. The molecule has 1 aromatic rings. The average Bonchev–Trinajstić information content (AvgIpc) is 2.67. The molecule has 0 unspecified atom stereocenters. The number of thiophene rings is 1. The molecule has 2 rings (SSSR count). The van der Waals surface area contributed by atoms with Crippen molar-refractivity contribution >= 4 is 28.9 Å². The minimum absolute atomic E-state index is 0.0276. The largest absolute Gasteiger partial charge is 0.465 e. The predicted octanol–water partition coefficient (Wildman–Crippen LogP) is 1.76. The molecule has 5 heteroatoms. The lowest BCUT2D eigenvalue weighted by atomic mass is 9.93. The first-order valence-corrected chi connectivity index (χ1v) is 5.32. The Bertz CT molecular complexity index is 448. The highest BCUT2D eigenvalue weighted by Crippen LogP contribution is 2.43. The molecule has 0 atom stereocenters. The summed E-state index contributed by atoms with van der Waals surface area (Å²) in [5, 5.41) is 2.75. The number of esters is 1. The minimum Gasteiger partial charge on any atom is -0.465 e. The van der Waals surface area contributed by atoms with Gasteiger partial charge in [0.25, 0.3) is 0 Å². The lowest BCUT2D eigenvalue weighted by Gasteiger charge is -2.12. The molecule has 80 valence electrons. The Balaban J connectivity index is 2.45. The summed E-state index contributed by atoms with van der Waals surface area (Å²) in [5.74, 6) is -0.389. The SMILES string of the molecule is COC(=O)c1cc2c(s1)C(C)(C)C(=O)N2. The first-order chi connectivity index (χ1) is 6.96. The third kappa shape index (κ3) is 1.34. The van der Waals surface area contributed by atoms with E-state index in [1.54, 1.807) is 6.07 Å². The summed E-state index contributed by atoms with van der Waals surface area (Å²) < 4.78 is 4.63. The van der Waals surface area contributed by atoms with Crippen LogP contribution in [0.5, 0.6) is 0 Å². The fraction of sp³-hybridized carbons (Fsp3) is 0.400. The summed E-state index contributed by atoms with van der Waals surface area (Å²) in [6.07, 6.45) is 0. The maximum Gasteiger partial charge on any atom is 0.348 e. The van der Waals surface area contributed by atoms with Gasteiger partial charge in [-0.05, 0) is 19.9 Å². The maximum absolute atomic E-state index is 11.5. The van der Waals surface area contributed by atoms with Crippen molar-refractivity contribution in [3.8, 4) is 0 Å². The van der Waals surface area contributed by atoms with Crippen LogP contribution in [0, 0.1) is 0 Å². The molecule has 0 saturated heterocycles. The predicted molar refractivity (Wildman–Crippen MR) is 57.3 cm³/mol. The monoisotopic (exact) mass is 225 g/mol. The highest BCUT2D eigenvalue weighted by molar-refractivity contribution is 7.15. The zero-order valence-corrected chi connectivity index (χ0v) is 9.53. The van der Waals surface area contributed by atoms with E-state index in [1.165, 1.54) is 18.4 Å². The first-order valence-electron chi connectivity index (χ1n) is 4.51. The summed E-state index contributed by atoms with van der Waals surface area (Å²) in [6.45, 7) is 3.68. The van der Waals surface area contributed by atoms with Gasteiger partial charge in [-0.2, -0.15) is 0 Å². The van der Waals surface area contributed by atoms with Crippen LogP contribution in [0.2, 0.25) is 0 Å². The van der Waals surface area contributed by atoms with Crippen molar-refractivity contribution in [1.82, 2.24) is 0 Å². The van der Waals surface area contributed by atoms with Gasteiger partial charge in [0, 0.05) is 4.88 Å². The van der Waals surface area contributed by atoms with Crippen molar-refractivity contribution < 1.29 is 14.3 Å². The Morgan fingerprint density at radius 1 is 1.53 bits per heavy atom. The zero-order chi connectivity index (χ0) is 11.2. The van der Waals surface area contributed by atoms with Crippen molar-refractivity contribution in [2.75, 3.05) is 12.4 Å². The number of hydrogen-bond donors (Lipinski definition) is 1. The van der Waals surface area contributed by atoms with Gasteiger partial charge in [-0.3, -0.25) is 4.79 Å². The molecule has 1 amide bonds. The van der Waals surface area contributed by atoms with E-state index in [9.17, 15) is 9.59 Å². The van der Waals surface area contributed by atoms with E-state index in [2.05, 4.69) is 10.1 Å². The van der Waals surface area contributed by atoms with E-state index in [0.717, 1.165) is 10.6 Å². The number of carbonyl (C=O) groups excluding carboxylic acids is 2. The molecule has 0 aromatic carbocycles. The van der Waals surface area contributed by atoms with E-state index in [0.29, 0.717) is 4.88 Å². The molecule has 0 fully saturated rings. The van der Waals surface area contributed by atoms with Crippen LogP contribution in [0.4, 0.5) is 5.69 Å². The van der Waals surface area contributed by atoms with Crippen LogP contribution in [0.3, 0.4) is 0 Å².